The SMILES string of the molecule is C[C@@H](OC(=O)c1cccn1C)C(=O)Nc1ccc(Cl)cn1. The minimum atomic E-state index is -0.940. The second kappa shape index (κ2) is 6.41. The lowest BCUT2D eigenvalue weighted by Crippen LogP contribution is -2.30. The molecule has 0 aliphatic heterocycles. The first kappa shape index (κ1) is 15.1. The molecule has 2 heterocycles. The average Bonchev–Trinajstić information content (AvgIpc) is 2.87. The van der Waals surface area contributed by atoms with Crippen LogP contribution in [-0.2, 0) is 16.6 Å². The Bertz CT molecular complexity index is 652. The summed E-state index contributed by atoms with van der Waals surface area (Å²) in [7, 11) is 1.72. The number of amides is 1. The van der Waals surface area contributed by atoms with Gasteiger partial charge in [-0.3, -0.25) is 4.79 Å². The van der Waals surface area contributed by atoms with Crippen molar-refractivity contribution in [1.29, 1.82) is 0 Å². The van der Waals surface area contributed by atoms with Crippen LogP contribution in [0.1, 0.15) is 17.4 Å². The third-order valence-electron chi connectivity index (χ3n) is 2.78. The van der Waals surface area contributed by atoms with Crippen LogP contribution in [0.5, 0.6) is 0 Å². The van der Waals surface area contributed by atoms with Gasteiger partial charge in [0.05, 0.1) is 5.02 Å². The molecule has 0 fully saturated rings. The standard InChI is InChI=1S/C14H14ClN3O3/c1-9(21-14(20)11-4-3-7-18(11)2)13(19)17-12-6-5-10(15)8-16-12/h3-9H,1-2H3,(H,16,17,19)/t9-/m1/s1. The van der Waals surface area contributed by atoms with Gasteiger partial charge < -0.3 is 14.6 Å². The van der Waals surface area contributed by atoms with Crippen molar-refractivity contribution in [2.24, 2.45) is 7.05 Å². The topological polar surface area (TPSA) is 73.2 Å². The third-order valence-corrected chi connectivity index (χ3v) is 3.01. The minimum absolute atomic E-state index is 0.339. The molecule has 110 valence electrons. The zero-order valence-electron chi connectivity index (χ0n) is 11.5. The molecule has 0 saturated carbocycles. The van der Waals surface area contributed by atoms with Crippen molar-refractivity contribution in [3.63, 3.8) is 0 Å². The number of hydrogen-bond donors (Lipinski definition) is 1. The molecule has 6 nitrogen and oxygen atoms in total. The molecule has 0 bridgehead atoms. The van der Waals surface area contributed by atoms with Crippen molar-refractivity contribution >= 4 is 29.3 Å². The molecule has 1 N–H and O–H groups in total. The number of ether oxygens (including phenoxy) is 1. The van der Waals surface area contributed by atoms with Gasteiger partial charge in [-0.1, -0.05) is 11.6 Å². The Morgan fingerprint density at radius 3 is 2.71 bits per heavy atom. The number of aromatic nitrogens is 2. The first-order chi connectivity index (χ1) is 9.97. The number of rotatable bonds is 4. The lowest BCUT2D eigenvalue weighted by Gasteiger charge is -2.13. The van der Waals surface area contributed by atoms with Gasteiger partial charge in [-0.2, -0.15) is 0 Å². The maximum atomic E-state index is 11.9. The fourth-order valence-corrected chi connectivity index (χ4v) is 1.74. The van der Waals surface area contributed by atoms with Crippen LogP contribution >= 0.6 is 11.6 Å². The quantitative estimate of drug-likeness (QED) is 0.879. The summed E-state index contributed by atoms with van der Waals surface area (Å²) in [5.74, 6) is -0.687. The summed E-state index contributed by atoms with van der Waals surface area (Å²) < 4.78 is 6.73. The van der Waals surface area contributed by atoms with Crippen LogP contribution in [0.15, 0.2) is 36.7 Å². The molecule has 21 heavy (non-hydrogen) atoms. The molecule has 0 aliphatic carbocycles. The van der Waals surface area contributed by atoms with Crippen molar-refractivity contribution in [2.75, 3.05) is 5.32 Å². The number of anilines is 1. The normalized spacial score (nSPS) is 11.8. The van der Waals surface area contributed by atoms with Crippen LogP contribution in [0.3, 0.4) is 0 Å². The summed E-state index contributed by atoms with van der Waals surface area (Å²) in [6.07, 6.45) is 2.20. The Balaban J connectivity index is 1.95. The number of carbonyl (C=O) groups excluding carboxylic acids is 2. The van der Waals surface area contributed by atoms with E-state index in [1.54, 1.807) is 42.1 Å². The lowest BCUT2D eigenvalue weighted by molar-refractivity contribution is -0.123. The zero-order chi connectivity index (χ0) is 15.4. The number of hydrogen-bond acceptors (Lipinski definition) is 4. The second-order valence-corrected chi connectivity index (χ2v) is 4.84. The lowest BCUT2D eigenvalue weighted by atomic mass is 10.3. The first-order valence-corrected chi connectivity index (χ1v) is 6.60. The van der Waals surface area contributed by atoms with Crippen LogP contribution < -0.4 is 5.32 Å². The van der Waals surface area contributed by atoms with E-state index in [2.05, 4.69) is 10.3 Å². The molecule has 1 atom stereocenters. The first-order valence-electron chi connectivity index (χ1n) is 6.22. The van der Waals surface area contributed by atoms with Gasteiger partial charge in [0.1, 0.15) is 11.5 Å². The molecule has 0 aliphatic rings. The smallest absolute Gasteiger partial charge is 0.355 e. The minimum Gasteiger partial charge on any atom is -0.448 e. The van der Waals surface area contributed by atoms with Gasteiger partial charge in [0.15, 0.2) is 6.10 Å². The van der Waals surface area contributed by atoms with Gasteiger partial charge in [-0.05, 0) is 31.2 Å². The molecule has 0 spiro atoms. The second-order valence-electron chi connectivity index (χ2n) is 4.40. The van der Waals surface area contributed by atoms with Crippen LogP contribution in [0.4, 0.5) is 5.82 Å². The van der Waals surface area contributed by atoms with E-state index in [1.165, 1.54) is 13.1 Å². The fraction of sp³-hybridized carbons (Fsp3) is 0.214. The van der Waals surface area contributed by atoms with E-state index in [-0.39, 0.29) is 0 Å². The molecular weight excluding hydrogens is 294 g/mol. The van der Waals surface area contributed by atoms with Crippen molar-refractivity contribution < 1.29 is 14.3 Å². The van der Waals surface area contributed by atoms with E-state index in [4.69, 9.17) is 16.3 Å². The summed E-state index contributed by atoms with van der Waals surface area (Å²) in [5.41, 5.74) is 0.374. The highest BCUT2D eigenvalue weighted by Crippen LogP contribution is 2.11. The van der Waals surface area contributed by atoms with Crippen LogP contribution in [-0.4, -0.2) is 27.5 Å². The number of carbonyl (C=O) groups is 2. The van der Waals surface area contributed by atoms with Gasteiger partial charge in [-0.15, -0.1) is 0 Å². The van der Waals surface area contributed by atoms with E-state index in [9.17, 15) is 9.59 Å². The van der Waals surface area contributed by atoms with Crippen molar-refractivity contribution in [2.45, 2.75) is 13.0 Å². The predicted molar refractivity (Wildman–Crippen MR) is 78.2 cm³/mol. The van der Waals surface area contributed by atoms with E-state index in [0.29, 0.717) is 16.5 Å². The van der Waals surface area contributed by atoms with E-state index in [1.807, 2.05) is 0 Å². The van der Waals surface area contributed by atoms with Gasteiger partial charge in [0, 0.05) is 19.4 Å². The molecule has 0 saturated heterocycles. The Kier molecular flexibility index (Phi) is 4.59. The van der Waals surface area contributed by atoms with E-state index >= 15 is 0 Å². The number of halogens is 1. The van der Waals surface area contributed by atoms with E-state index in [0.717, 1.165) is 0 Å². The summed E-state index contributed by atoms with van der Waals surface area (Å²) in [6.45, 7) is 1.49. The summed E-state index contributed by atoms with van der Waals surface area (Å²) in [6, 6.07) is 6.50. The van der Waals surface area contributed by atoms with Crippen molar-refractivity contribution in [3.05, 3.63) is 47.4 Å². The molecule has 0 unspecified atom stereocenters. The zero-order valence-corrected chi connectivity index (χ0v) is 12.3. The summed E-state index contributed by atoms with van der Waals surface area (Å²) in [4.78, 5) is 27.7. The monoisotopic (exact) mass is 307 g/mol. The molecule has 7 heteroatoms. The highest BCUT2D eigenvalue weighted by Gasteiger charge is 2.20. The van der Waals surface area contributed by atoms with Gasteiger partial charge in [0.2, 0.25) is 0 Å². The number of nitrogens with zero attached hydrogens (tertiary/aromatic N) is 2. The van der Waals surface area contributed by atoms with E-state index < -0.39 is 18.0 Å². The molecule has 1 amide bonds. The molecule has 2 rings (SSSR count). The van der Waals surface area contributed by atoms with Crippen LogP contribution in [0.25, 0.3) is 0 Å². The summed E-state index contributed by atoms with van der Waals surface area (Å²) in [5, 5.41) is 3.01. The van der Waals surface area contributed by atoms with Crippen molar-refractivity contribution in [1.82, 2.24) is 9.55 Å². The molecule has 2 aromatic rings. The maximum absolute atomic E-state index is 11.9. The molecule has 2 aromatic heterocycles. The number of aryl methyl sites for hydroxylation is 1. The van der Waals surface area contributed by atoms with Gasteiger partial charge in [0.25, 0.3) is 5.91 Å². The number of esters is 1. The predicted octanol–water partition coefficient (Wildman–Crippen LogP) is 2.26. The van der Waals surface area contributed by atoms with Gasteiger partial charge in [-0.25, -0.2) is 9.78 Å². The Labute approximate surface area is 126 Å². The average molecular weight is 308 g/mol. The molecular formula is C14H14ClN3O3. The fourth-order valence-electron chi connectivity index (χ4n) is 1.63. The highest BCUT2D eigenvalue weighted by molar-refractivity contribution is 6.30. The van der Waals surface area contributed by atoms with Gasteiger partial charge >= 0.3 is 5.97 Å². The van der Waals surface area contributed by atoms with Crippen LogP contribution in [0, 0.1) is 0 Å². The molecule has 0 aromatic carbocycles. The number of pyridine rings is 1. The Morgan fingerprint density at radius 1 is 1.38 bits per heavy atom. The van der Waals surface area contributed by atoms with Crippen molar-refractivity contribution in [3.8, 4) is 0 Å². The number of nitrogens with one attached hydrogen (secondary N) is 1. The summed E-state index contributed by atoms with van der Waals surface area (Å²) >= 11 is 5.70. The highest BCUT2D eigenvalue weighted by atomic mass is 35.5. The molecule has 0 radical (unpaired) electrons. The Hall–Kier alpha value is -2.34. The Morgan fingerprint density at radius 2 is 2.14 bits per heavy atom. The van der Waals surface area contributed by atoms with Crippen LogP contribution in [0.2, 0.25) is 5.02 Å². The largest absolute Gasteiger partial charge is 0.448 e. The maximum Gasteiger partial charge on any atom is 0.355 e. The third kappa shape index (κ3) is 3.82.